The van der Waals surface area contributed by atoms with Crippen LogP contribution in [-0.2, 0) is 9.59 Å². The second-order valence-corrected chi connectivity index (χ2v) is 6.05. The van der Waals surface area contributed by atoms with E-state index in [4.69, 9.17) is 4.74 Å². The Morgan fingerprint density at radius 2 is 1.81 bits per heavy atom. The number of rotatable bonds is 5. The van der Waals surface area contributed by atoms with Crippen molar-refractivity contribution in [2.45, 2.75) is 6.92 Å². The maximum absolute atomic E-state index is 12.0. The summed E-state index contributed by atoms with van der Waals surface area (Å²) in [6, 6.07) is 12.9. The number of aromatic nitrogens is 1. The van der Waals surface area contributed by atoms with Crippen LogP contribution in [0.15, 0.2) is 48.7 Å². The summed E-state index contributed by atoms with van der Waals surface area (Å²) in [5.74, 6) is 1.36. The van der Waals surface area contributed by atoms with Gasteiger partial charge in [-0.25, -0.2) is 4.98 Å². The SMILES string of the molecule is CC(=O)N1CCN(c2ccc(NC(=O)COc3ccccc3)cn2)CC1. The number of pyridine rings is 1. The lowest BCUT2D eigenvalue weighted by Crippen LogP contribution is -2.48. The topological polar surface area (TPSA) is 74.8 Å². The second-order valence-electron chi connectivity index (χ2n) is 6.05. The zero-order valence-electron chi connectivity index (χ0n) is 14.7. The van der Waals surface area contributed by atoms with Gasteiger partial charge in [-0.1, -0.05) is 18.2 Å². The summed E-state index contributed by atoms with van der Waals surface area (Å²) in [7, 11) is 0. The molecule has 2 heterocycles. The van der Waals surface area contributed by atoms with Crippen LogP contribution in [0.1, 0.15) is 6.92 Å². The van der Waals surface area contributed by atoms with Crippen LogP contribution in [-0.4, -0.2) is 54.5 Å². The van der Waals surface area contributed by atoms with Crippen molar-refractivity contribution in [2.24, 2.45) is 0 Å². The average Bonchev–Trinajstić information content (AvgIpc) is 2.68. The normalized spacial score (nSPS) is 14.0. The smallest absolute Gasteiger partial charge is 0.262 e. The van der Waals surface area contributed by atoms with Crippen LogP contribution >= 0.6 is 0 Å². The molecule has 7 heteroatoms. The molecule has 2 aromatic rings. The first-order chi connectivity index (χ1) is 12.6. The first-order valence-corrected chi connectivity index (χ1v) is 8.56. The summed E-state index contributed by atoms with van der Waals surface area (Å²) in [5, 5.41) is 2.77. The number of benzene rings is 1. The lowest BCUT2D eigenvalue weighted by atomic mass is 10.3. The van der Waals surface area contributed by atoms with Crippen LogP contribution in [0.25, 0.3) is 0 Å². The van der Waals surface area contributed by atoms with Gasteiger partial charge in [-0.3, -0.25) is 9.59 Å². The zero-order valence-corrected chi connectivity index (χ0v) is 14.7. The Morgan fingerprint density at radius 3 is 2.42 bits per heavy atom. The molecule has 1 N–H and O–H groups in total. The van der Waals surface area contributed by atoms with Gasteiger partial charge in [-0.15, -0.1) is 0 Å². The Morgan fingerprint density at radius 1 is 1.08 bits per heavy atom. The quantitative estimate of drug-likeness (QED) is 0.886. The molecule has 3 rings (SSSR count). The van der Waals surface area contributed by atoms with E-state index in [1.807, 2.05) is 35.2 Å². The Labute approximate surface area is 152 Å². The van der Waals surface area contributed by atoms with Crippen LogP contribution in [0.4, 0.5) is 11.5 Å². The van der Waals surface area contributed by atoms with Gasteiger partial charge in [-0.05, 0) is 24.3 Å². The zero-order chi connectivity index (χ0) is 18.4. The summed E-state index contributed by atoms with van der Waals surface area (Å²) >= 11 is 0. The number of para-hydroxylation sites is 1. The summed E-state index contributed by atoms with van der Waals surface area (Å²) in [6.45, 7) is 4.44. The summed E-state index contributed by atoms with van der Waals surface area (Å²) in [4.78, 5) is 31.7. The van der Waals surface area contributed by atoms with Gasteiger partial charge in [-0.2, -0.15) is 0 Å². The third-order valence-electron chi connectivity index (χ3n) is 4.19. The van der Waals surface area contributed by atoms with E-state index in [2.05, 4.69) is 15.2 Å². The predicted octanol–water partition coefficient (Wildman–Crippen LogP) is 1.77. The molecular weight excluding hydrogens is 332 g/mol. The molecule has 0 radical (unpaired) electrons. The summed E-state index contributed by atoms with van der Waals surface area (Å²) < 4.78 is 5.42. The maximum atomic E-state index is 12.0. The van der Waals surface area contributed by atoms with E-state index in [0.717, 1.165) is 18.9 Å². The third-order valence-corrected chi connectivity index (χ3v) is 4.19. The van der Waals surface area contributed by atoms with Gasteiger partial charge in [0, 0.05) is 33.1 Å². The molecule has 0 saturated carbocycles. The highest BCUT2D eigenvalue weighted by molar-refractivity contribution is 5.91. The highest BCUT2D eigenvalue weighted by atomic mass is 16.5. The molecule has 7 nitrogen and oxygen atoms in total. The molecule has 0 spiro atoms. The second kappa shape index (κ2) is 8.33. The van der Waals surface area contributed by atoms with Gasteiger partial charge in [0.05, 0.1) is 11.9 Å². The minimum Gasteiger partial charge on any atom is -0.484 e. The molecule has 1 fully saturated rings. The van der Waals surface area contributed by atoms with Crippen molar-refractivity contribution in [2.75, 3.05) is 43.0 Å². The highest BCUT2D eigenvalue weighted by Gasteiger charge is 2.19. The average molecular weight is 354 g/mol. The number of hydrogen-bond donors (Lipinski definition) is 1. The number of carbonyl (C=O) groups excluding carboxylic acids is 2. The van der Waals surface area contributed by atoms with Crippen LogP contribution in [0.5, 0.6) is 5.75 Å². The molecule has 1 aliphatic rings. The van der Waals surface area contributed by atoms with Crippen molar-refractivity contribution in [3.05, 3.63) is 48.7 Å². The van der Waals surface area contributed by atoms with E-state index in [1.165, 1.54) is 0 Å². The third kappa shape index (κ3) is 4.72. The highest BCUT2D eigenvalue weighted by Crippen LogP contribution is 2.16. The van der Waals surface area contributed by atoms with Gasteiger partial charge in [0.2, 0.25) is 5.91 Å². The molecular formula is C19H22N4O3. The van der Waals surface area contributed by atoms with E-state index >= 15 is 0 Å². The number of piperazine rings is 1. The molecule has 26 heavy (non-hydrogen) atoms. The van der Waals surface area contributed by atoms with E-state index in [9.17, 15) is 9.59 Å². The molecule has 0 unspecified atom stereocenters. The molecule has 0 aliphatic carbocycles. The van der Waals surface area contributed by atoms with Gasteiger partial charge < -0.3 is 19.9 Å². The van der Waals surface area contributed by atoms with Crippen LogP contribution in [0.2, 0.25) is 0 Å². The monoisotopic (exact) mass is 354 g/mol. The Bertz CT molecular complexity index is 741. The molecule has 0 bridgehead atoms. The Hall–Kier alpha value is -3.09. The fraction of sp³-hybridized carbons (Fsp3) is 0.316. The lowest BCUT2D eigenvalue weighted by Gasteiger charge is -2.34. The van der Waals surface area contributed by atoms with Crippen LogP contribution in [0, 0.1) is 0 Å². The molecule has 136 valence electrons. The number of amides is 2. The summed E-state index contributed by atoms with van der Waals surface area (Å²) in [5.41, 5.74) is 0.623. The van der Waals surface area contributed by atoms with Crippen LogP contribution < -0.4 is 15.0 Å². The van der Waals surface area contributed by atoms with E-state index in [-0.39, 0.29) is 18.4 Å². The molecule has 1 saturated heterocycles. The molecule has 2 amide bonds. The Balaban J connectivity index is 1.48. The standard InChI is InChI=1S/C19H22N4O3/c1-15(24)22-9-11-23(12-10-22)18-8-7-16(13-20-18)21-19(25)14-26-17-5-3-2-4-6-17/h2-8,13H,9-12,14H2,1H3,(H,21,25). The number of nitrogens with zero attached hydrogens (tertiary/aromatic N) is 3. The van der Waals surface area contributed by atoms with Gasteiger partial charge in [0.15, 0.2) is 6.61 Å². The van der Waals surface area contributed by atoms with E-state index < -0.39 is 0 Å². The number of nitrogens with one attached hydrogen (secondary N) is 1. The summed E-state index contributed by atoms with van der Waals surface area (Å²) in [6.07, 6.45) is 1.63. The fourth-order valence-corrected chi connectivity index (χ4v) is 2.76. The first-order valence-electron chi connectivity index (χ1n) is 8.56. The minimum absolute atomic E-state index is 0.0568. The first kappa shape index (κ1) is 17.7. The van der Waals surface area contributed by atoms with E-state index in [1.54, 1.807) is 25.3 Å². The maximum Gasteiger partial charge on any atom is 0.262 e. The largest absolute Gasteiger partial charge is 0.484 e. The van der Waals surface area contributed by atoms with E-state index in [0.29, 0.717) is 24.5 Å². The van der Waals surface area contributed by atoms with Crippen molar-refractivity contribution in [1.29, 1.82) is 0 Å². The molecule has 1 aromatic heterocycles. The molecule has 1 aromatic carbocycles. The fourth-order valence-electron chi connectivity index (χ4n) is 2.76. The minimum atomic E-state index is -0.238. The van der Waals surface area contributed by atoms with Crippen molar-refractivity contribution in [3.63, 3.8) is 0 Å². The molecule has 0 atom stereocenters. The number of hydrogen-bond acceptors (Lipinski definition) is 5. The van der Waals surface area contributed by atoms with Crippen molar-refractivity contribution >= 4 is 23.3 Å². The van der Waals surface area contributed by atoms with Crippen molar-refractivity contribution in [3.8, 4) is 5.75 Å². The van der Waals surface area contributed by atoms with Gasteiger partial charge in [0.25, 0.3) is 5.91 Å². The molecule has 1 aliphatic heterocycles. The number of carbonyl (C=O) groups is 2. The van der Waals surface area contributed by atoms with Crippen LogP contribution in [0.3, 0.4) is 0 Å². The lowest BCUT2D eigenvalue weighted by molar-refractivity contribution is -0.129. The number of anilines is 2. The van der Waals surface area contributed by atoms with Crippen molar-refractivity contribution in [1.82, 2.24) is 9.88 Å². The van der Waals surface area contributed by atoms with Gasteiger partial charge in [0.1, 0.15) is 11.6 Å². The van der Waals surface area contributed by atoms with Gasteiger partial charge >= 0.3 is 0 Å². The number of ether oxygens (including phenoxy) is 1. The van der Waals surface area contributed by atoms with Crippen molar-refractivity contribution < 1.29 is 14.3 Å². The predicted molar refractivity (Wildman–Crippen MR) is 99.3 cm³/mol. The Kier molecular flexibility index (Phi) is 5.68.